The van der Waals surface area contributed by atoms with Crippen molar-refractivity contribution >= 4 is 29.9 Å². The van der Waals surface area contributed by atoms with Crippen molar-refractivity contribution in [2.45, 2.75) is 56.5 Å². The lowest BCUT2D eigenvalue weighted by Gasteiger charge is -2.48. The molecule has 1 heterocycles. The SMILES string of the molecule is CN=C(NCC1(N2CCOCC2)CCCCC1)NC1CC=CC1.I. The molecule has 2 N–H and O–H groups in total. The van der Waals surface area contributed by atoms with Crippen LogP contribution in [0.15, 0.2) is 17.1 Å². The maximum absolute atomic E-state index is 5.57. The normalized spacial score (nSPS) is 25.3. The zero-order valence-corrected chi connectivity index (χ0v) is 17.3. The summed E-state index contributed by atoms with van der Waals surface area (Å²) in [6.07, 6.45) is 13.4. The van der Waals surface area contributed by atoms with Crippen LogP contribution >= 0.6 is 24.0 Å². The number of ether oxygens (including phenoxy) is 1. The average molecular weight is 448 g/mol. The zero-order valence-electron chi connectivity index (χ0n) is 14.9. The summed E-state index contributed by atoms with van der Waals surface area (Å²) in [5.41, 5.74) is 0.285. The van der Waals surface area contributed by atoms with E-state index in [1.54, 1.807) is 0 Å². The van der Waals surface area contributed by atoms with E-state index in [0.29, 0.717) is 6.04 Å². The first-order valence-electron chi connectivity index (χ1n) is 9.27. The number of rotatable bonds is 4. The van der Waals surface area contributed by atoms with Gasteiger partial charge in [0.15, 0.2) is 5.96 Å². The third kappa shape index (κ3) is 5.08. The molecule has 138 valence electrons. The van der Waals surface area contributed by atoms with Crippen LogP contribution in [0.2, 0.25) is 0 Å². The first-order chi connectivity index (χ1) is 11.3. The van der Waals surface area contributed by atoms with Crippen molar-refractivity contribution in [3.63, 3.8) is 0 Å². The van der Waals surface area contributed by atoms with Gasteiger partial charge in [-0.2, -0.15) is 0 Å². The van der Waals surface area contributed by atoms with Crippen molar-refractivity contribution in [3.8, 4) is 0 Å². The predicted octanol–water partition coefficient (Wildman–Crippen LogP) is 2.52. The third-order valence-electron chi connectivity index (χ3n) is 5.62. The van der Waals surface area contributed by atoms with E-state index < -0.39 is 0 Å². The molecule has 0 atom stereocenters. The monoisotopic (exact) mass is 448 g/mol. The van der Waals surface area contributed by atoms with E-state index in [-0.39, 0.29) is 29.5 Å². The zero-order chi connectivity index (χ0) is 16.0. The van der Waals surface area contributed by atoms with Crippen LogP contribution in [-0.4, -0.2) is 62.3 Å². The molecule has 6 heteroatoms. The molecule has 3 aliphatic rings. The Morgan fingerprint density at radius 2 is 1.83 bits per heavy atom. The van der Waals surface area contributed by atoms with E-state index in [2.05, 4.69) is 32.7 Å². The van der Waals surface area contributed by atoms with Gasteiger partial charge in [-0.05, 0) is 25.7 Å². The second-order valence-corrected chi connectivity index (χ2v) is 7.09. The van der Waals surface area contributed by atoms with Crippen LogP contribution in [0.25, 0.3) is 0 Å². The van der Waals surface area contributed by atoms with Gasteiger partial charge in [-0.15, -0.1) is 24.0 Å². The van der Waals surface area contributed by atoms with Crippen molar-refractivity contribution in [2.75, 3.05) is 39.9 Å². The van der Waals surface area contributed by atoms with Gasteiger partial charge in [0.25, 0.3) is 0 Å². The molecule has 0 aromatic rings. The number of nitrogens with one attached hydrogen (secondary N) is 2. The van der Waals surface area contributed by atoms with E-state index in [9.17, 15) is 0 Å². The van der Waals surface area contributed by atoms with E-state index >= 15 is 0 Å². The highest BCUT2D eigenvalue weighted by Gasteiger charge is 2.38. The lowest BCUT2D eigenvalue weighted by atomic mass is 9.80. The summed E-state index contributed by atoms with van der Waals surface area (Å²) >= 11 is 0. The van der Waals surface area contributed by atoms with Crippen molar-refractivity contribution < 1.29 is 4.74 Å². The molecule has 5 nitrogen and oxygen atoms in total. The van der Waals surface area contributed by atoms with Crippen molar-refractivity contribution in [1.82, 2.24) is 15.5 Å². The number of hydrogen-bond acceptors (Lipinski definition) is 3. The highest BCUT2D eigenvalue weighted by Crippen LogP contribution is 2.33. The standard InChI is InChI=1S/C18H32N4O.HI/c1-19-17(21-16-7-3-4-8-16)20-15-18(9-5-2-6-10-18)22-11-13-23-14-12-22;/h3-4,16H,2,5-15H2,1H3,(H2,19,20,21);1H. The molecule has 1 aliphatic heterocycles. The highest BCUT2D eigenvalue weighted by atomic mass is 127. The summed E-state index contributed by atoms with van der Waals surface area (Å²) in [6, 6.07) is 0.506. The molecule has 0 aromatic heterocycles. The van der Waals surface area contributed by atoms with Crippen molar-refractivity contribution in [1.29, 1.82) is 0 Å². The van der Waals surface area contributed by atoms with E-state index in [4.69, 9.17) is 4.74 Å². The smallest absolute Gasteiger partial charge is 0.191 e. The minimum Gasteiger partial charge on any atom is -0.379 e. The first-order valence-corrected chi connectivity index (χ1v) is 9.27. The molecule has 0 unspecified atom stereocenters. The summed E-state index contributed by atoms with van der Waals surface area (Å²) < 4.78 is 5.57. The molecule has 0 aromatic carbocycles. The fourth-order valence-electron chi connectivity index (χ4n) is 4.22. The van der Waals surface area contributed by atoms with Gasteiger partial charge in [0, 0.05) is 38.3 Å². The predicted molar refractivity (Wildman–Crippen MR) is 110 cm³/mol. The molecule has 0 spiro atoms. The summed E-state index contributed by atoms with van der Waals surface area (Å²) in [4.78, 5) is 7.11. The van der Waals surface area contributed by atoms with Gasteiger partial charge in [-0.1, -0.05) is 31.4 Å². The Balaban J connectivity index is 0.00000208. The minimum absolute atomic E-state index is 0. The maximum Gasteiger partial charge on any atom is 0.191 e. The van der Waals surface area contributed by atoms with Gasteiger partial charge in [-0.3, -0.25) is 9.89 Å². The second-order valence-electron chi connectivity index (χ2n) is 7.09. The largest absolute Gasteiger partial charge is 0.379 e. The van der Waals surface area contributed by atoms with Crippen molar-refractivity contribution in [2.24, 2.45) is 4.99 Å². The Bertz CT molecular complexity index is 421. The fraction of sp³-hybridized carbons (Fsp3) is 0.833. The first kappa shape index (κ1) is 20.0. The number of guanidine groups is 1. The minimum atomic E-state index is 0. The van der Waals surface area contributed by atoms with Gasteiger partial charge in [0.05, 0.1) is 13.2 Å². The Labute approximate surface area is 163 Å². The molecule has 1 saturated heterocycles. The number of aliphatic imine (C=N–C) groups is 1. The molecular formula is C18H33IN4O. The third-order valence-corrected chi connectivity index (χ3v) is 5.62. The van der Waals surface area contributed by atoms with Gasteiger partial charge in [0.1, 0.15) is 0 Å². The van der Waals surface area contributed by atoms with Gasteiger partial charge in [-0.25, -0.2) is 0 Å². The molecule has 0 bridgehead atoms. The topological polar surface area (TPSA) is 48.9 Å². The van der Waals surface area contributed by atoms with Gasteiger partial charge >= 0.3 is 0 Å². The second kappa shape index (κ2) is 9.97. The number of halogens is 1. The Kier molecular flexibility index (Phi) is 8.30. The van der Waals surface area contributed by atoms with Crippen LogP contribution in [0, 0.1) is 0 Å². The molecule has 2 aliphatic carbocycles. The molecule has 0 radical (unpaired) electrons. The Morgan fingerprint density at radius 1 is 1.17 bits per heavy atom. The fourth-order valence-corrected chi connectivity index (χ4v) is 4.22. The summed E-state index contributed by atoms with van der Waals surface area (Å²) in [5, 5.41) is 7.19. The van der Waals surface area contributed by atoms with Crippen LogP contribution in [0.4, 0.5) is 0 Å². The highest BCUT2D eigenvalue weighted by molar-refractivity contribution is 14.0. The quantitative estimate of drug-likeness (QED) is 0.301. The summed E-state index contributed by atoms with van der Waals surface area (Å²) in [7, 11) is 1.87. The van der Waals surface area contributed by atoms with Crippen LogP contribution in [-0.2, 0) is 4.74 Å². The molecule has 3 rings (SSSR count). The number of morpholine rings is 1. The van der Waals surface area contributed by atoms with Crippen LogP contribution in [0.5, 0.6) is 0 Å². The van der Waals surface area contributed by atoms with Crippen LogP contribution in [0.1, 0.15) is 44.9 Å². The molecule has 2 fully saturated rings. The van der Waals surface area contributed by atoms with Crippen molar-refractivity contribution in [3.05, 3.63) is 12.2 Å². The van der Waals surface area contributed by atoms with E-state index in [1.807, 2.05) is 7.05 Å². The van der Waals surface area contributed by atoms with Crippen LogP contribution in [0.3, 0.4) is 0 Å². The lowest BCUT2D eigenvalue weighted by molar-refractivity contribution is -0.0352. The molecule has 0 amide bonds. The van der Waals surface area contributed by atoms with E-state index in [1.165, 1.54) is 32.1 Å². The van der Waals surface area contributed by atoms with Gasteiger partial charge < -0.3 is 15.4 Å². The summed E-state index contributed by atoms with van der Waals surface area (Å²) in [6.45, 7) is 4.89. The number of nitrogens with zero attached hydrogens (tertiary/aromatic N) is 2. The van der Waals surface area contributed by atoms with Gasteiger partial charge in [0.2, 0.25) is 0 Å². The molecule has 1 saturated carbocycles. The number of hydrogen-bond donors (Lipinski definition) is 2. The Morgan fingerprint density at radius 3 is 2.46 bits per heavy atom. The van der Waals surface area contributed by atoms with Crippen LogP contribution < -0.4 is 10.6 Å². The average Bonchev–Trinajstić information content (AvgIpc) is 3.13. The molecular weight excluding hydrogens is 415 g/mol. The van der Waals surface area contributed by atoms with E-state index in [0.717, 1.165) is 51.6 Å². The lowest BCUT2D eigenvalue weighted by Crippen LogP contribution is -2.60. The maximum atomic E-state index is 5.57. The summed E-state index contributed by atoms with van der Waals surface area (Å²) in [5.74, 6) is 0.955. The Hall–Kier alpha value is -0.340. The molecule has 24 heavy (non-hydrogen) atoms.